The molecule has 0 amide bonds. The molecule has 1 heterocycles. The molecule has 1 saturated heterocycles. The third kappa shape index (κ3) is 4.22. The van der Waals surface area contributed by atoms with E-state index in [0.717, 1.165) is 18.9 Å². The van der Waals surface area contributed by atoms with Crippen molar-refractivity contribution in [2.45, 2.75) is 49.5 Å². The highest BCUT2D eigenvalue weighted by Crippen LogP contribution is 2.33. The number of sulfonamides is 1. The normalized spacial score (nSPS) is 23.9. The highest BCUT2D eigenvalue weighted by atomic mass is 32.2. The lowest BCUT2D eigenvalue weighted by Crippen LogP contribution is -2.31. The third-order valence-corrected chi connectivity index (χ3v) is 7.23. The zero-order valence-electron chi connectivity index (χ0n) is 14.8. The van der Waals surface area contributed by atoms with Gasteiger partial charge in [0.2, 0.25) is 10.0 Å². The molecule has 2 N–H and O–H groups in total. The zero-order chi connectivity index (χ0) is 19.6. The fourth-order valence-electron chi connectivity index (χ4n) is 3.73. The second-order valence-electron chi connectivity index (χ2n) is 7.08. The maximum atomic E-state index is 13.0. The standard InChI is InChI=1S/C17H23N3O6S/c21-17(22)12-3-5-13(6-4-12)18-15-8-7-14(20(23)24)11-16(15)27(25,26)19-9-1-2-10-19/h7-8,11-13,18H,1-6,9-10H2,(H,21,22). The molecule has 1 saturated carbocycles. The van der Waals surface area contributed by atoms with E-state index in [1.165, 1.54) is 16.4 Å². The van der Waals surface area contributed by atoms with Gasteiger partial charge in [-0.15, -0.1) is 0 Å². The summed E-state index contributed by atoms with van der Waals surface area (Å²) in [4.78, 5) is 21.5. The summed E-state index contributed by atoms with van der Waals surface area (Å²) in [6.45, 7) is 0.822. The minimum absolute atomic E-state index is 0.0606. The maximum Gasteiger partial charge on any atom is 0.306 e. The molecule has 10 heteroatoms. The van der Waals surface area contributed by atoms with E-state index < -0.39 is 20.9 Å². The van der Waals surface area contributed by atoms with Crippen LogP contribution in [0.25, 0.3) is 0 Å². The van der Waals surface area contributed by atoms with Gasteiger partial charge in [-0.2, -0.15) is 4.31 Å². The van der Waals surface area contributed by atoms with Crippen LogP contribution in [0.15, 0.2) is 23.1 Å². The monoisotopic (exact) mass is 397 g/mol. The summed E-state index contributed by atoms with van der Waals surface area (Å²) in [5.41, 5.74) is 0.0687. The Kier molecular flexibility index (Phi) is 5.66. The van der Waals surface area contributed by atoms with Crippen LogP contribution >= 0.6 is 0 Å². The summed E-state index contributed by atoms with van der Waals surface area (Å²) in [7, 11) is -3.83. The number of nitrogens with one attached hydrogen (secondary N) is 1. The van der Waals surface area contributed by atoms with Gasteiger partial charge in [0.25, 0.3) is 5.69 Å². The van der Waals surface area contributed by atoms with Crippen molar-refractivity contribution in [2.75, 3.05) is 18.4 Å². The number of benzene rings is 1. The Balaban J connectivity index is 1.86. The van der Waals surface area contributed by atoms with Gasteiger partial charge in [0.05, 0.1) is 16.5 Å². The molecule has 148 valence electrons. The van der Waals surface area contributed by atoms with E-state index in [1.54, 1.807) is 0 Å². The molecule has 0 unspecified atom stereocenters. The molecule has 1 aromatic carbocycles. The second kappa shape index (κ2) is 7.81. The third-order valence-electron chi connectivity index (χ3n) is 5.29. The number of aliphatic carboxylic acids is 1. The number of nitrogens with zero attached hydrogens (tertiary/aromatic N) is 2. The van der Waals surface area contributed by atoms with Crippen LogP contribution in [0.1, 0.15) is 38.5 Å². The van der Waals surface area contributed by atoms with Crippen molar-refractivity contribution in [3.8, 4) is 0 Å². The highest BCUT2D eigenvalue weighted by molar-refractivity contribution is 7.89. The second-order valence-corrected chi connectivity index (χ2v) is 8.99. The largest absolute Gasteiger partial charge is 0.481 e. The topological polar surface area (TPSA) is 130 Å². The van der Waals surface area contributed by atoms with E-state index in [4.69, 9.17) is 5.11 Å². The van der Waals surface area contributed by atoms with Crippen LogP contribution in [-0.4, -0.2) is 47.9 Å². The summed E-state index contributed by atoms with van der Waals surface area (Å²) in [5.74, 6) is -1.17. The van der Waals surface area contributed by atoms with Gasteiger partial charge in [-0.05, 0) is 44.6 Å². The van der Waals surface area contributed by atoms with Crippen LogP contribution in [0.5, 0.6) is 0 Å². The Bertz CT molecular complexity index is 827. The van der Waals surface area contributed by atoms with E-state index in [2.05, 4.69) is 5.32 Å². The minimum atomic E-state index is -3.83. The first-order valence-corrected chi connectivity index (χ1v) is 10.5. The van der Waals surface area contributed by atoms with E-state index in [-0.39, 0.29) is 22.5 Å². The first-order chi connectivity index (χ1) is 12.8. The van der Waals surface area contributed by atoms with Gasteiger partial charge in [-0.3, -0.25) is 14.9 Å². The molecule has 0 bridgehead atoms. The summed E-state index contributed by atoms with van der Waals surface area (Å²) in [5, 5.41) is 23.4. The van der Waals surface area contributed by atoms with Gasteiger partial charge < -0.3 is 10.4 Å². The van der Waals surface area contributed by atoms with Crippen LogP contribution in [0, 0.1) is 16.0 Å². The van der Waals surface area contributed by atoms with Crippen molar-refractivity contribution >= 4 is 27.4 Å². The Morgan fingerprint density at radius 2 is 1.81 bits per heavy atom. The SMILES string of the molecule is O=C(O)C1CCC(Nc2ccc([N+](=O)[O-])cc2S(=O)(=O)N2CCCC2)CC1. The molecule has 0 radical (unpaired) electrons. The van der Waals surface area contributed by atoms with Crippen LogP contribution in [0.4, 0.5) is 11.4 Å². The number of hydrogen-bond acceptors (Lipinski definition) is 6. The molecule has 27 heavy (non-hydrogen) atoms. The summed E-state index contributed by atoms with van der Waals surface area (Å²) in [6.07, 6.45) is 3.81. The average molecular weight is 397 g/mol. The van der Waals surface area contributed by atoms with E-state index in [0.29, 0.717) is 44.5 Å². The fourth-order valence-corrected chi connectivity index (χ4v) is 5.42. The first kappa shape index (κ1) is 19.6. The Morgan fingerprint density at radius 3 is 2.37 bits per heavy atom. The molecule has 0 aromatic heterocycles. The summed E-state index contributed by atoms with van der Waals surface area (Å²) < 4.78 is 27.4. The molecule has 1 aromatic rings. The van der Waals surface area contributed by atoms with Gasteiger partial charge in [0.15, 0.2) is 0 Å². The molecule has 2 fully saturated rings. The molecule has 2 aliphatic rings. The Labute approximate surface area is 157 Å². The molecule has 0 spiro atoms. The number of carboxylic acids is 1. The molecular weight excluding hydrogens is 374 g/mol. The molecule has 9 nitrogen and oxygen atoms in total. The lowest BCUT2D eigenvalue weighted by molar-refractivity contribution is -0.385. The molecule has 1 aliphatic carbocycles. The number of nitro groups is 1. The van der Waals surface area contributed by atoms with Crippen LogP contribution in [0.2, 0.25) is 0 Å². The number of hydrogen-bond donors (Lipinski definition) is 2. The van der Waals surface area contributed by atoms with E-state index in [1.807, 2.05) is 0 Å². The average Bonchev–Trinajstić information content (AvgIpc) is 3.17. The molecular formula is C17H23N3O6S. The lowest BCUT2D eigenvalue weighted by Gasteiger charge is -2.28. The summed E-state index contributed by atoms with van der Waals surface area (Å²) in [6, 6.07) is 3.77. The minimum Gasteiger partial charge on any atom is -0.481 e. The van der Waals surface area contributed by atoms with Crippen molar-refractivity contribution in [3.63, 3.8) is 0 Å². The number of carboxylic acid groups (broad SMARTS) is 1. The van der Waals surface area contributed by atoms with Gasteiger partial charge in [-0.25, -0.2) is 8.42 Å². The van der Waals surface area contributed by atoms with Gasteiger partial charge in [0, 0.05) is 31.3 Å². The van der Waals surface area contributed by atoms with Gasteiger partial charge in [0.1, 0.15) is 4.90 Å². The molecule has 0 atom stereocenters. The number of rotatable bonds is 6. The number of anilines is 1. The number of nitro benzene ring substituents is 1. The Morgan fingerprint density at radius 1 is 1.19 bits per heavy atom. The zero-order valence-corrected chi connectivity index (χ0v) is 15.7. The van der Waals surface area contributed by atoms with Crippen LogP contribution < -0.4 is 5.32 Å². The lowest BCUT2D eigenvalue weighted by atomic mass is 9.86. The fraction of sp³-hybridized carbons (Fsp3) is 0.588. The van der Waals surface area contributed by atoms with Crippen molar-refractivity contribution in [2.24, 2.45) is 5.92 Å². The summed E-state index contributed by atoms with van der Waals surface area (Å²) >= 11 is 0. The highest BCUT2D eigenvalue weighted by Gasteiger charge is 2.32. The quantitative estimate of drug-likeness (QED) is 0.557. The van der Waals surface area contributed by atoms with Crippen molar-refractivity contribution < 1.29 is 23.2 Å². The van der Waals surface area contributed by atoms with E-state index in [9.17, 15) is 23.3 Å². The smallest absolute Gasteiger partial charge is 0.306 e. The predicted molar refractivity (Wildman–Crippen MR) is 98.1 cm³/mol. The van der Waals surface area contributed by atoms with Crippen LogP contribution in [-0.2, 0) is 14.8 Å². The van der Waals surface area contributed by atoms with Crippen LogP contribution in [0.3, 0.4) is 0 Å². The van der Waals surface area contributed by atoms with Gasteiger partial charge >= 0.3 is 5.97 Å². The molecule has 1 aliphatic heterocycles. The van der Waals surface area contributed by atoms with Gasteiger partial charge in [-0.1, -0.05) is 0 Å². The first-order valence-electron chi connectivity index (χ1n) is 9.07. The van der Waals surface area contributed by atoms with Crippen molar-refractivity contribution in [3.05, 3.63) is 28.3 Å². The van der Waals surface area contributed by atoms with Crippen molar-refractivity contribution in [1.82, 2.24) is 4.31 Å². The molecule has 3 rings (SSSR count). The number of non-ortho nitro benzene ring substituents is 1. The Hall–Kier alpha value is -2.20. The number of carbonyl (C=O) groups is 1. The van der Waals surface area contributed by atoms with E-state index >= 15 is 0 Å². The van der Waals surface area contributed by atoms with Crippen molar-refractivity contribution in [1.29, 1.82) is 0 Å². The predicted octanol–water partition coefficient (Wildman–Crippen LogP) is 2.43. The maximum absolute atomic E-state index is 13.0.